The second kappa shape index (κ2) is 5.21. The zero-order valence-electron chi connectivity index (χ0n) is 9.58. The standard InChI is InChI=1S/C13H14Cl2N2/c1-8(7-16)4-10-2-3-11-12(15)5-9(14)6-13(11)17-10/h2-3,5-6,8H,4,7,16H2,1H3. The van der Waals surface area contributed by atoms with Gasteiger partial charge in [-0.05, 0) is 43.1 Å². The summed E-state index contributed by atoms with van der Waals surface area (Å²) in [4.78, 5) is 4.56. The van der Waals surface area contributed by atoms with Gasteiger partial charge in [0.05, 0.1) is 10.5 Å². The number of nitrogens with zero attached hydrogens (tertiary/aromatic N) is 1. The molecule has 0 aliphatic heterocycles. The lowest BCUT2D eigenvalue weighted by Gasteiger charge is -2.09. The summed E-state index contributed by atoms with van der Waals surface area (Å²) in [7, 11) is 0. The van der Waals surface area contributed by atoms with Crippen molar-refractivity contribution in [3.05, 3.63) is 40.0 Å². The van der Waals surface area contributed by atoms with Crippen molar-refractivity contribution in [2.45, 2.75) is 13.3 Å². The maximum atomic E-state index is 6.10. The number of hydrogen-bond donors (Lipinski definition) is 1. The number of aromatic nitrogens is 1. The van der Waals surface area contributed by atoms with Gasteiger partial charge in [-0.1, -0.05) is 30.1 Å². The first-order valence-corrected chi connectivity index (χ1v) is 6.30. The molecular weight excluding hydrogens is 255 g/mol. The van der Waals surface area contributed by atoms with E-state index < -0.39 is 0 Å². The van der Waals surface area contributed by atoms with Gasteiger partial charge in [-0.15, -0.1) is 0 Å². The molecule has 90 valence electrons. The van der Waals surface area contributed by atoms with Crippen LogP contribution in [0.5, 0.6) is 0 Å². The number of benzene rings is 1. The number of halogens is 2. The number of hydrogen-bond acceptors (Lipinski definition) is 2. The predicted octanol–water partition coefficient (Wildman–Crippen LogP) is 3.68. The smallest absolute Gasteiger partial charge is 0.0735 e. The molecule has 17 heavy (non-hydrogen) atoms. The van der Waals surface area contributed by atoms with Gasteiger partial charge in [-0.25, -0.2) is 0 Å². The fourth-order valence-corrected chi connectivity index (χ4v) is 2.30. The van der Waals surface area contributed by atoms with Gasteiger partial charge in [-0.3, -0.25) is 4.98 Å². The molecule has 0 aliphatic rings. The molecule has 2 N–H and O–H groups in total. The van der Waals surface area contributed by atoms with Crippen molar-refractivity contribution in [1.82, 2.24) is 4.98 Å². The zero-order chi connectivity index (χ0) is 12.4. The molecule has 0 fully saturated rings. The van der Waals surface area contributed by atoms with E-state index in [9.17, 15) is 0 Å². The Morgan fingerprint density at radius 3 is 2.76 bits per heavy atom. The Labute approximate surface area is 111 Å². The SMILES string of the molecule is CC(CN)Cc1ccc2c(Cl)cc(Cl)cc2n1. The number of pyridine rings is 1. The van der Waals surface area contributed by atoms with Crippen LogP contribution >= 0.6 is 23.2 Å². The molecule has 1 aromatic carbocycles. The van der Waals surface area contributed by atoms with Crippen LogP contribution in [-0.2, 0) is 6.42 Å². The normalized spacial score (nSPS) is 12.9. The second-order valence-electron chi connectivity index (χ2n) is 4.30. The van der Waals surface area contributed by atoms with E-state index in [0.29, 0.717) is 22.5 Å². The van der Waals surface area contributed by atoms with Crippen LogP contribution in [0.1, 0.15) is 12.6 Å². The summed E-state index contributed by atoms with van der Waals surface area (Å²) < 4.78 is 0. The second-order valence-corrected chi connectivity index (χ2v) is 5.15. The van der Waals surface area contributed by atoms with Crippen molar-refractivity contribution in [1.29, 1.82) is 0 Å². The fourth-order valence-electron chi connectivity index (χ4n) is 1.75. The van der Waals surface area contributed by atoms with Crippen LogP contribution in [0, 0.1) is 5.92 Å². The Kier molecular flexibility index (Phi) is 3.87. The minimum absolute atomic E-state index is 0.426. The highest BCUT2D eigenvalue weighted by molar-refractivity contribution is 6.38. The van der Waals surface area contributed by atoms with E-state index in [2.05, 4.69) is 11.9 Å². The van der Waals surface area contributed by atoms with Crippen molar-refractivity contribution < 1.29 is 0 Å². The minimum atomic E-state index is 0.426. The van der Waals surface area contributed by atoms with Gasteiger partial charge in [0.2, 0.25) is 0 Å². The van der Waals surface area contributed by atoms with Crippen LogP contribution in [0.3, 0.4) is 0 Å². The summed E-state index contributed by atoms with van der Waals surface area (Å²) in [5.74, 6) is 0.426. The van der Waals surface area contributed by atoms with Gasteiger partial charge in [0.15, 0.2) is 0 Å². The molecule has 0 bridgehead atoms. The molecule has 2 rings (SSSR count). The summed E-state index contributed by atoms with van der Waals surface area (Å²) in [5.41, 5.74) is 7.47. The van der Waals surface area contributed by atoms with Crippen LogP contribution in [0.2, 0.25) is 10.0 Å². The molecule has 0 amide bonds. The van der Waals surface area contributed by atoms with Crippen molar-refractivity contribution >= 4 is 34.1 Å². The van der Waals surface area contributed by atoms with Gasteiger partial charge < -0.3 is 5.73 Å². The van der Waals surface area contributed by atoms with Gasteiger partial charge in [0.1, 0.15) is 0 Å². The Balaban J connectivity index is 2.43. The molecule has 2 aromatic rings. The Hall–Kier alpha value is -0.830. The monoisotopic (exact) mass is 268 g/mol. The predicted molar refractivity (Wildman–Crippen MR) is 73.7 cm³/mol. The van der Waals surface area contributed by atoms with Gasteiger partial charge in [0, 0.05) is 16.1 Å². The maximum absolute atomic E-state index is 6.10. The Bertz CT molecular complexity index is 540. The van der Waals surface area contributed by atoms with E-state index in [4.69, 9.17) is 28.9 Å². The first kappa shape index (κ1) is 12.6. The van der Waals surface area contributed by atoms with Gasteiger partial charge in [-0.2, -0.15) is 0 Å². The summed E-state index contributed by atoms with van der Waals surface area (Å²) in [5, 5.41) is 2.18. The molecule has 0 radical (unpaired) electrons. The van der Waals surface area contributed by atoms with Crippen molar-refractivity contribution in [3.8, 4) is 0 Å². The topological polar surface area (TPSA) is 38.9 Å². The van der Waals surface area contributed by atoms with Gasteiger partial charge in [0.25, 0.3) is 0 Å². The van der Waals surface area contributed by atoms with Crippen LogP contribution < -0.4 is 5.73 Å². The third-order valence-electron chi connectivity index (χ3n) is 2.74. The highest BCUT2D eigenvalue weighted by atomic mass is 35.5. The number of fused-ring (bicyclic) bond motifs is 1. The third kappa shape index (κ3) is 2.89. The Morgan fingerprint density at radius 1 is 1.29 bits per heavy atom. The minimum Gasteiger partial charge on any atom is -0.330 e. The van der Waals surface area contributed by atoms with Crippen molar-refractivity contribution in [2.75, 3.05) is 6.54 Å². The van der Waals surface area contributed by atoms with E-state index >= 15 is 0 Å². The summed E-state index contributed by atoms with van der Waals surface area (Å²) in [6, 6.07) is 7.54. The van der Waals surface area contributed by atoms with E-state index in [-0.39, 0.29) is 0 Å². The van der Waals surface area contributed by atoms with Crippen LogP contribution in [0.15, 0.2) is 24.3 Å². The summed E-state index contributed by atoms with van der Waals surface area (Å²) in [6.07, 6.45) is 0.872. The molecule has 0 saturated heterocycles. The first-order chi connectivity index (χ1) is 8.10. The zero-order valence-corrected chi connectivity index (χ0v) is 11.1. The third-order valence-corrected chi connectivity index (χ3v) is 3.27. The lowest BCUT2D eigenvalue weighted by atomic mass is 10.0. The van der Waals surface area contributed by atoms with Crippen molar-refractivity contribution in [2.24, 2.45) is 11.7 Å². The Morgan fingerprint density at radius 2 is 2.06 bits per heavy atom. The highest BCUT2D eigenvalue weighted by Gasteiger charge is 2.06. The molecule has 1 aromatic heterocycles. The number of nitrogens with two attached hydrogens (primary N) is 1. The van der Waals surface area contributed by atoms with Crippen LogP contribution in [0.4, 0.5) is 0 Å². The molecule has 0 aliphatic carbocycles. The van der Waals surface area contributed by atoms with Crippen LogP contribution in [0.25, 0.3) is 10.9 Å². The van der Waals surface area contributed by atoms with E-state index in [1.807, 2.05) is 18.2 Å². The van der Waals surface area contributed by atoms with Crippen LogP contribution in [-0.4, -0.2) is 11.5 Å². The molecule has 0 saturated carbocycles. The van der Waals surface area contributed by atoms with Crippen molar-refractivity contribution in [3.63, 3.8) is 0 Å². The maximum Gasteiger partial charge on any atom is 0.0735 e. The van der Waals surface area contributed by atoms with E-state index in [1.165, 1.54) is 0 Å². The molecular formula is C13H14Cl2N2. The number of rotatable bonds is 3. The molecule has 1 atom stereocenters. The van der Waals surface area contributed by atoms with Gasteiger partial charge >= 0.3 is 0 Å². The average Bonchev–Trinajstić information content (AvgIpc) is 2.28. The fraction of sp³-hybridized carbons (Fsp3) is 0.308. The molecule has 0 spiro atoms. The molecule has 1 heterocycles. The quantitative estimate of drug-likeness (QED) is 0.923. The molecule has 2 nitrogen and oxygen atoms in total. The highest BCUT2D eigenvalue weighted by Crippen LogP contribution is 2.27. The summed E-state index contributed by atoms with van der Waals surface area (Å²) >= 11 is 12.1. The first-order valence-electron chi connectivity index (χ1n) is 5.55. The largest absolute Gasteiger partial charge is 0.330 e. The van der Waals surface area contributed by atoms with E-state index in [1.54, 1.807) is 6.07 Å². The molecule has 1 unspecified atom stereocenters. The average molecular weight is 269 g/mol. The van der Waals surface area contributed by atoms with E-state index in [0.717, 1.165) is 23.0 Å². The summed E-state index contributed by atoms with van der Waals surface area (Å²) in [6.45, 7) is 2.77. The lowest BCUT2D eigenvalue weighted by Crippen LogP contribution is -2.13. The molecule has 4 heteroatoms. The lowest BCUT2D eigenvalue weighted by molar-refractivity contribution is 0.585.